The summed E-state index contributed by atoms with van der Waals surface area (Å²) in [4.78, 5) is 15.7. The number of pyridine rings is 1. The molecular weight excluding hydrogens is 233 g/mol. The average molecular weight is 245 g/mol. The van der Waals surface area contributed by atoms with E-state index in [1.54, 1.807) is 12.1 Å². The Labute approximate surface area is 104 Å². The Morgan fingerprint density at radius 2 is 2.17 bits per heavy atom. The molecule has 0 aliphatic rings. The topological polar surface area (TPSA) is 68.0 Å². The van der Waals surface area contributed by atoms with E-state index < -0.39 is 11.7 Å². The number of hydrogen-bond acceptors (Lipinski definition) is 3. The van der Waals surface area contributed by atoms with Crippen LogP contribution < -0.4 is 11.1 Å². The highest BCUT2D eigenvalue weighted by atomic mass is 19.1. The number of amides is 1. The fraction of sp³-hybridized carbons (Fsp3) is 0.0769. The molecule has 2 rings (SSSR count). The van der Waals surface area contributed by atoms with Gasteiger partial charge in [-0.25, -0.2) is 4.39 Å². The zero-order chi connectivity index (χ0) is 13.1. The first-order valence-electron chi connectivity index (χ1n) is 5.35. The van der Waals surface area contributed by atoms with Crippen LogP contribution in [0.1, 0.15) is 15.9 Å². The molecule has 0 bridgehead atoms. The smallest absolute Gasteiger partial charge is 0.257 e. The van der Waals surface area contributed by atoms with Crippen molar-refractivity contribution in [2.24, 2.45) is 0 Å². The Hall–Kier alpha value is -2.43. The third kappa shape index (κ3) is 2.45. The number of rotatable bonds is 2. The predicted octanol–water partition coefficient (Wildman–Crippen LogP) is 2.36. The molecule has 3 N–H and O–H groups in total. The maximum atomic E-state index is 13.5. The lowest BCUT2D eigenvalue weighted by atomic mass is 10.2. The van der Waals surface area contributed by atoms with E-state index in [2.05, 4.69) is 10.3 Å². The van der Waals surface area contributed by atoms with Crippen molar-refractivity contribution in [3.05, 3.63) is 53.6 Å². The van der Waals surface area contributed by atoms with Gasteiger partial charge in [0.05, 0.1) is 23.1 Å². The van der Waals surface area contributed by atoms with E-state index in [9.17, 15) is 9.18 Å². The van der Waals surface area contributed by atoms with Crippen LogP contribution in [0.15, 0.2) is 36.7 Å². The van der Waals surface area contributed by atoms with Crippen LogP contribution in [0.5, 0.6) is 0 Å². The van der Waals surface area contributed by atoms with Crippen molar-refractivity contribution < 1.29 is 9.18 Å². The Morgan fingerprint density at radius 3 is 2.89 bits per heavy atom. The zero-order valence-electron chi connectivity index (χ0n) is 9.77. The number of carbonyl (C=O) groups is 1. The number of aryl methyl sites for hydroxylation is 1. The lowest BCUT2D eigenvalue weighted by Gasteiger charge is -2.08. The minimum absolute atomic E-state index is 0.135. The van der Waals surface area contributed by atoms with E-state index in [0.717, 1.165) is 5.56 Å². The Kier molecular flexibility index (Phi) is 3.23. The minimum Gasteiger partial charge on any atom is -0.397 e. The molecule has 4 nitrogen and oxygen atoms in total. The summed E-state index contributed by atoms with van der Waals surface area (Å²) >= 11 is 0. The maximum Gasteiger partial charge on any atom is 0.257 e. The molecule has 0 fully saturated rings. The van der Waals surface area contributed by atoms with Crippen molar-refractivity contribution in [3.63, 3.8) is 0 Å². The molecule has 0 spiro atoms. The first-order valence-corrected chi connectivity index (χ1v) is 5.35. The Morgan fingerprint density at radius 1 is 1.39 bits per heavy atom. The molecule has 5 heteroatoms. The normalized spacial score (nSPS) is 10.1. The quantitative estimate of drug-likeness (QED) is 0.853. The van der Waals surface area contributed by atoms with Crippen molar-refractivity contribution in [3.8, 4) is 0 Å². The molecule has 0 saturated heterocycles. The van der Waals surface area contributed by atoms with Gasteiger partial charge in [0.25, 0.3) is 5.91 Å². The van der Waals surface area contributed by atoms with Crippen LogP contribution in [0.4, 0.5) is 15.8 Å². The maximum absolute atomic E-state index is 13.5. The summed E-state index contributed by atoms with van der Waals surface area (Å²) in [6.45, 7) is 1.82. The number of halogens is 1. The van der Waals surface area contributed by atoms with Gasteiger partial charge in [-0.1, -0.05) is 6.07 Å². The van der Waals surface area contributed by atoms with Gasteiger partial charge in [-0.2, -0.15) is 0 Å². The Balaban J connectivity index is 2.27. The van der Waals surface area contributed by atoms with Gasteiger partial charge in [0.15, 0.2) is 0 Å². The van der Waals surface area contributed by atoms with Crippen LogP contribution in [0.2, 0.25) is 0 Å². The van der Waals surface area contributed by atoms with Crippen LogP contribution in [-0.4, -0.2) is 10.9 Å². The van der Waals surface area contributed by atoms with Crippen LogP contribution in [0.25, 0.3) is 0 Å². The van der Waals surface area contributed by atoms with Gasteiger partial charge < -0.3 is 11.1 Å². The molecule has 0 aliphatic carbocycles. The van der Waals surface area contributed by atoms with Gasteiger partial charge in [-0.05, 0) is 30.7 Å². The molecule has 18 heavy (non-hydrogen) atoms. The van der Waals surface area contributed by atoms with Gasteiger partial charge in [-0.15, -0.1) is 0 Å². The van der Waals surface area contributed by atoms with Gasteiger partial charge in [0.1, 0.15) is 5.82 Å². The highest BCUT2D eigenvalue weighted by Crippen LogP contribution is 2.18. The number of carbonyl (C=O) groups excluding carboxylic acids is 1. The first-order chi connectivity index (χ1) is 8.58. The number of nitrogen functional groups attached to an aromatic ring is 1. The summed E-state index contributed by atoms with van der Waals surface area (Å²) in [7, 11) is 0. The largest absolute Gasteiger partial charge is 0.397 e. The summed E-state index contributed by atoms with van der Waals surface area (Å²) in [5.74, 6) is -0.944. The highest BCUT2D eigenvalue weighted by molar-refractivity contribution is 6.07. The van der Waals surface area contributed by atoms with E-state index in [0.29, 0.717) is 0 Å². The lowest BCUT2D eigenvalue weighted by Crippen LogP contribution is -2.15. The standard InChI is InChI=1S/C13H12FN3O/c1-8-2-3-10(14)12(6-8)17-13(18)9-4-5-16-7-11(9)15/h2-7H,15H2,1H3,(H,17,18). The summed E-state index contributed by atoms with van der Waals surface area (Å²) in [6, 6.07) is 5.98. The van der Waals surface area contributed by atoms with Gasteiger partial charge >= 0.3 is 0 Å². The van der Waals surface area contributed by atoms with Crippen molar-refractivity contribution >= 4 is 17.3 Å². The van der Waals surface area contributed by atoms with Crippen molar-refractivity contribution in [2.45, 2.75) is 6.92 Å². The monoisotopic (exact) mass is 245 g/mol. The van der Waals surface area contributed by atoms with E-state index in [1.165, 1.54) is 24.5 Å². The lowest BCUT2D eigenvalue weighted by molar-refractivity contribution is 0.102. The summed E-state index contributed by atoms with van der Waals surface area (Å²) in [5.41, 5.74) is 7.14. The van der Waals surface area contributed by atoms with E-state index in [4.69, 9.17) is 5.73 Å². The number of nitrogens with two attached hydrogens (primary N) is 1. The minimum atomic E-state index is -0.485. The van der Waals surface area contributed by atoms with Crippen LogP contribution in [-0.2, 0) is 0 Å². The second kappa shape index (κ2) is 4.83. The first kappa shape index (κ1) is 12.0. The summed E-state index contributed by atoms with van der Waals surface area (Å²) in [5, 5.41) is 2.49. The second-order valence-corrected chi connectivity index (χ2v) is 3.90. The van der Waals surface area contributed by atoms with Crippen LogP contribution in [0, 0.1) is 12.7 Å². The molecule has 1 aromatic carbocycles. The van der Waals surface area contributed by atoms with Crippen molar-refractivity contribution in [2.75, 3.05) is 11.1 Å². The van der Waals surface area contributed by atoms with Crippen LogP contribution in [0.3, 0.4) is 0 Å². The Bertz CT molecular complexity index is 599. The fourth-order valence-corrected chi connectivity index (χ4v) is 1.54. The van der Waals surface area contributed by atoms with E-state index >= 15 is 0 Å². The number of aromatic nitrogens is 1. The molecule has 0 saturated carbocycles. The molecule has 92 valence electrons. The number of anilines is 2. The molecular formula is C13H12FN3O. The van der Waals surface area contributed by atoms with Crippen molar-refractivity contribution in [1.29, 1.82) is 0 Å². The summed E-state index contributed by atoms with van der Waals surface area (Å²) in [6.07, 6.45) is 2.83. The molecule has 0 atom stereocenters. The third-order valence-electron chi connectivity index (χ3n) is 2.47. The average Bonchev–Trinajstić information content (AvgIpc) is 2.34. The molecule has 1 aromatic heterocycles. The molecule has 2 aromatic rings. The second-order valence-electron chi connectivity index (χ2n) is 3.90. The molecule has 1 amide bonds. The van der Waals surface area contributed by atoms with Crippen molar-refractivity contribution in [1.82, 2.24) is 4.98 Å². The number of hydrogen-bond donors (Lipinski definition) is 2. The number of nitrogens with one attached hydrogen (secondary N) is 1. The van der Waals surface area contributed by atoms with Gasteiger partial charge in [0, 0.05) is 6.20 Å². The molecule has 0 radical (unpaired) electrons. The van der Waals surface area contributed by atoms with Crippen LogP contribution >= 0.6 is 0 Å². The van der Waals surface area contributed by atoms with Gasteiger partial charge in [-0.3, -0.25) is 9.78 Å². The number of benzene rings is 1. The van der Waals surface area contributed by atoms with Gasteiger partial charge in [0.2, 0.25) is 0 Å². The number of nitrogens with zero attached hydrogens (tertiary/aromatic N) is 1. The predicted molar refractivity (Wildman–Crippen MR) is 67.7 cm³/mol. The fourth-order valence-electron chi connectivity index (χ4n) is 1.54. The SMILES string of the molecule is Cc1ccc(F)c(NC(=O)c2ccncc2N)c1. The summed E-state index contributed by atoms with van der Waals surface area (Å²) < 4.78 is 13.5. The molecule has 0 aliphatic heterocycles. The molecule has 1 heterocycles. The zero-order valence-corrected chi connectivity index (χ0v) is 9.77. The molecule has 0 unspecified atom stereocenters. The highest BCUT2D eigenvalue weighted by Gasteiger charge is 2.11. The van der Waals surface area contributed by atoms with E-state index in [-0.39, 0.29) is 16.9 Å². The van der Waals surface area contributed by atoms with E-state index in [1.807, 2.05) is 6.92 Å². The third-order valence-corrected chi connectivity index (χ3v) is 2.47.